The summed E-state index contributed by atoms with van der Waals surface area (Å²) >= 11 is 0. The summed E-state index contributed by atoms with van der Waals surface area (Å²) < 4.78 is 26.0. The van der Waals surface area contributed by atoms with Crippen molar-refractivity contribution in [3.8, 4) is 0 Å². The van der Waals surface area contributed by atoms with Gasteiger partial charge in [-0.2, -0.15) is 0 Å². The summed E-state index contributed by atoms with van der Waals surface area (Å²) in [5.74, 6) is 0.236. The molecule has 0 saturated carbocycles. The standard InChI is InChI=1S/C15H26N2O2S/c1-3-5-14-20(18,19)16-12-9-13-17(4-2)15-10-7-6-8-11-15/h6-8,10-11,16H,3-5,9,12-14H2,1-2H3. The van der Waals surface area contributed by atoms with Gasteiger partial charge in [-0.25, -0.2) is 13.1 Å². The molecule has 5 heteroatoms. The van der Waals surface area contributed by atoms with Gasteiger partial charge in [0.05, 0.1) is 5.75 Å². The number of anilines is 1. The van der Waals surface area contributed by atoms with Crippen molar-refractivity contribution < 1.29 is 8.42 Å². The zero-order valence-electron chi connectivity index (χ0n) is 12.5. The van der Waals surface area contributed by atoms with Crippen molar-refractivity contribution in [3.63, 3.8) is 0 Å². The molecule has 0 atom stereocenters. The third-order valence-electron chi connectivity index (χ3n) is 3.20. The number of hydrogen-bond acceptors (Lipinski definition) is 3. The van der Waals surface area contributed by atoms with Crippen LogP contribution in [0.15, 0.2) is 30.3 Å². The zero-order valence-corrected chi connectivity index (χ0v) is 13.3. The molecule has 0 unspecified atom stereocenters. The molecule has 1 rings (SSSR count). The highest BCUT2D eigenvalue weighted by molar-refractivity contribution is 7.89. The van der Waals surface area contributed by atoms with Crippen LogP contribution in [0.1, 0.15) is 33.1 Å². The van der Waals surface area contributed by atoms with Gasteiger partial charge < -0.3 is 4.90 Å². The van der Waals surface area contributed by atoms with Crippen LogP contribution in [0.2, 0.25) is 0 Å². The Kier molecular flexibility index (Phi) is 7.62. The Hall–Kier alpha value is -1.07. The molecule has 0 aliphatic rings. The second kappa shape index (κ2) is 8.97. The normalized spacial score (nSPS) is 11.5. The highest BCUT2D eigenvalue weighted by atomic mass is 32.2. The van der Waals surface area contributed by atoms with E-state index in [9.17, 15) is 8.42 Å². The fraction of sp³-hybridized carbons (Fsp3) is 0.600. The first-order valence-corrected chi connectivity index (χ1v) is 9.01. The molecule has 0 bridgehead atoms. The number of para-hydroxylation sites is 1. The van der Waals surface area contributed by atoms with Crippen molar-refractivity contribution >= 4 is 15.7 Å². The molecule has 0 spiro atoms. The van der Waals surface area contributed by atoms with Gasteiger partial charge in [-0.15, -0.1) is 0 Å². The lowest BCUT2D eigenvalue weighted by Gasteiger charge is -2.23. The van der Waals surface area contributed by atoms with Gasteiger partial charge in [0.2, 0.25) is 10.0 Å². The third-order valence-corrected chi connectivity index (χ3v) is 4.67. The van der Waals surface area contributed by atoms with Crippen LogP contribution in [0.5, 0.6) is 0 Å². The molecule has 4 nitrogen and oxygen atoms in total. The van der Waals surface area contributed by atoms with Crippen LogP contribution < -0.4 is 9.62 Å². The minimum Gasteiger partial charge on any atom is -0.372 e. The van der Waals surface area contributed by atoms with Crippen LogP contribution in [-0.2, 0) is 10.0 Å². The Morgan fingerprint density at radius 3 is 2.40 bits per heavy atom. The molecule has 0 fully saturated rings. The summed E-state index contributed by atoms with van der Waals surface area (Å²) in [4.78, 5) is 2.25. The molecule has 0 amide bonds. The van der Waals surface area contributed by atoms with Gasteiger partial charge in [-0.05, 0) is 31.9 Å². The number of nitrogens with zero attached hydrogens (tertiary/aromatic N) is 1. The van der Waals surface area contributed by atoms with E-state index in [0.29, 0.717) is 6.54 Å². The average molecular weight is 298 g/mol. The van der Waals surface area contributed by atoms with Gasteiger partial charge >= 0.3 is 0 Å². The molecule has 1 N–H and O–H groups in total. The van der Waals surface area contributed by atoms with Crippen molar-refractivity contribution in [1.82, 2.24) is 4.72 Å². The largest absolute Gasteiger partial charge is 0.372 e. The van der Waals surface area contributed by atoms with Crippen LogP contribution >= 0.6 is 0 Å². The number of hydrogen-bond donors (Lipinski definition) is 1. The third kappa shape index (κ3) is 6.39. The number of nitrogens with one attached hydrogen (secondary N) is 1. The maximum Gasteiger partial charge on any atom is 0.211 e. The molecule has 20 heavy (non-hydrogen) atoms. The van der Waals surface area contributed by atoms with E-state index in [1.807, 2.05) is 25.1 Å². The Morgan fingerprint density at radius 1 is 1.10 bits per heavy atom. The second-order valence-electron chi connectivity index (χ2n) is 4.84. The van der Waals surface area contributed by atoms with E-state index in [-0.39, 0.29) is 5.75 Å². The predicted molar refractivity (Wildman–Crippen MR) is 85.6 cm³/mol. The van der Waals surface area contributed by atoms with Gasteiger partial charge in [0, 0.05) is 25.3 Å². The predicted octanol–water partition coefficient (Wildman–Crippen LogP) is 2.62. The molecule has 0 aliphatic heterocycles. The Labute approximate surface area is 123 Å². The summed E-state index contributed by atoms with van der Waals surface area (Å²) in [5, 5.41) is 0. The van der Waals surface area contributed by atoms with Crippen molar-refractivity contribution in [2.75, 3.05) is 30.3 Å². The average Bonchev–Trinajstić information content (AvgIpc) is 2.46. The Bertz CT molecular complexity index is 460. The smallest absolute Gasteiger partial charge is 0.211 e. The molecule has 0 radical (unpaired) electrons. The number of unbranched alkanes of at least 4 members (excludes halogenated alkanes) is 1. The maximum atomic E-state index is 11.6. The second-order valence-corrected chi connectivity index (χ2v) is 6.76. The molecule has 1 aromatic carbocycles. The highest BCUT2D eigenvalue weighted by Crippen LogP contribution is 2.12. The summed E-state index contributed by atoms with van der Waals surface area (Å²) in [6.07, 6.45) is 2.44. The molecular formula is C15H26N2O2S. The lowest BCUT2D eigenvalue weighted by atomic mass is 10.2. The summed E-state index contributed by atoms with van der Waals surface area (Å²) in [7, 11) is -3.08. The van der Waals surface area contributed by atoms with E-state index in [1.54, 1.807) is 0 Å². The van der Waals surface area contributed by atoms with Crippen LogP contribution in [-0.4, -0.2) is 33.8 Å². The van der Waals surface area contributed by atoms with Crippen LogP contribution in [0.3, 0.4) is 0 Å². The lowest BCUT2D eigenvalue weighted by Crippen LogP contribution is -2.31. The lowest BCUT2D eigenvalue weighted by molar-refractivity contribution is 0.575. The van der Waals surface area contributed by atoms with Crippen LogP contribution in [0, 0.1) is 0 Å². The Balaban J connectivity index is 2.32. The topological polar surface area (TPSA) is 49.4 Å². The maximum absolute atomic E-state index is 11.6. The van der Waals surface area contributed by atoms with Gasteiger partial charge in [-0.1, -0.05) is 31.5 Å². The van der Waals surface area contributed by atoms with Crippen molar-refractivity contribution in [3.05, 3.63) is 30.3 Å². The molecule has 114 valence electrons. The van der Waals surface area contributed by atoms with E-state index in [0.717, 1.165) is 32.4 Å². The fourth-order valence-electron chi connectivity index (χ4n) is 2.01. The first kappa shape index (κ1) is 17.0. The first-order valence-electron chi connectivity index (χ1n) is 7.36. The van der Waals surface area contributed by atoms with E-state index in [1.165, 1.54) is 5.69 Å². The molecule has 0 aliphatic carbocycles. The summed E-state index contributed by atoms with van der Waals surface area (Å²) in [5.41, 5.74) is 1.18. The minimum atomic E-state index is -3.08. The van der Waals surface area contributed by atoms with Crippen molar-refractivity contribution in [2.45, 2.75) is 33.1 Å². The monoisotopic (exact) mass is 298 g/mol. The highest BCUT2D eigenvalue weighted by Gasteiger charge is 2.09. The van der Waals surface area contributed by atoms with Crippen molar-refractivity contribution in [1.29, 1.82) is 0 Å². The SMILES string of the molecule is CCCCS(=O)(=O)NCCCN(CC)c1ccccc1. The number of benzene rings is 1. The molecule has 0 heterocycles. The number of rotatable bonds is 10. The molecular weight excluding hydrogens is 272 g/mol. The van der Waals surface area contributed by atoms with E-state index in [2.05, 4.69) is 28.7 Å². The van der Waals surface area contributed by atoms with Gasteiger partial charge in [0.15, 0.2) is 0 Å². The summed E-state index contributed by atoms with van der Waals surface area (Å²) in [6, 6.07) is 10.2. The van der Waals surface area contributed by atoms with Crippen molar-refractivity contribution in [2.24, 2.45) is 0 Å². The first-order chi connectivity index (χ1) is 9.59. The Morgan fingerprint density at radius 2 is 1.80 bits per heavy atom. The molecule has 1 aromatic rings. The van der Waals surface area contributed by atoms with Gasteiger partial charge in [0.25, 0.3) is 0 Å². The van der Waals surface area contributed by atoms with E-state index < -0.39 is 10.0 Å². The quantitative estimate of drug-likeness (QED) is 0.676. The van der Waals surface area contributed by atoms with E-state index >= 15 is 0 Å². The van der Waals surface area contributed by atoms with Gasteiger partial charge in [0.1, 0.15) is 0 Å². The zero-order chi connectivity index (χ0) is 14.8. The van der Waals surface area contributed by atoms with Crippen LogP contribution in [0.4, 0.5) is 5.69 Å². The van der Waals surface area contributed by atoms with Crippen LogP contribution in [0.25, 0.3) is 0 Å². The molecule has 0 saturated heterocycles. The fourth-order valence-corrected chi connectivity index (χ4v) is 3.28. The minimum absolute atomic E-state index is 0.236. The molecule has 0 aromatic heterocycles. The summed E-state index contributed by atoms with van der Waals surface area (Å²) in [6.45, 7) is 6.39. The number of sulfonamides is 1. The van der Waals surface area contributed by atoms with E-state index in [4.69, 9.17) is 0 Å². The van der Waals surface area contributed by atoms with Gasteiger partial charge in [-0.3, -0.25) is 0 Å².